The fourth-order valence-corrected chi connectivity index (χ4v) is 3.40. The van der Waals surface area contributed by atoms with Crippen molar-refractivity contribution in [2.45, 2.75) is 6.04 Å². The molecule has 1 aromatic carbocycles. The Kier molecular flexibility index (Phi) is 4.87. The minimum atomic E-state index is -0.226. The average Bonchev–Trinajstić information content (AvgIpc) is 3.14. The first-order chi connectivity index (χ1) is 13.1. The molecule has 27 heavy (non-hydrogen) atoms. The van der Waals surface area contributed by atoms with Gasteiger partial charge in [-0.15, -0.1) is 0 Å². The van der Waals surface area contributed by atoms with Crippen molar-refractivity contribution in [1.29, 1.82) is 0 Å². The Morgan fingerprint density at radius 3 is 2.67 bits per heavy atom. The highest BCUT2D eigenvalue weighted by molar-refractivity contribution is 5.51. The first-order valence-electron chi connectivity index (χ1n) is 8.98. The van der Waals surface area contributed by atoms with Gasteiger partial charge in [0.1, 0.15) is 23.8 Å². The number of fused-ring (bicyclic) bond motifs is 1. The summed E-state index contributed by atoms with van der Waals surface area (Å²) in [6, 6.07) is 8.57. The Hall–Kier alpha value is -2.78. The number of benzene rings is 1. The van der Waals surface area contributed by atoms with Crippen LogP contribution in [0.2, 0.25) is 0 Å². The molecule has 1 unspecified atom stereocenters. The number of aromatic nitrogens is 4. The van der Waals surface area contributed by atoms with Crippen molar-refractivity contribution in [2.24, 2.45) is 0 Å². The van der Waals surface area contributed by atoms with E-state index < -0.39 is 0 Å². The number of rotatable bonds is 5. The number of likely N-dealkylation sites (N-methyl/N-ethyl adjacent to an activating group) is 1. The van der Waals surface area contributed by atoms with Crippen LogP contribution in [-0.4, -0.2) is 69.2 Å². The Morgan fingerprint density at radius 1 is 1.19 bits per heavy atom. The van der Waals surface area contributed by atoms with Gasteiger partial charge in [-0.1, -0.05) is 12.1 Å². The van der Waals surface area contributed by atoms with Crippen LogP contribution in [0.5, 0.6) is 0 Å². The molecule has 0 amide bonds. The second kappa shape index (κ2) is 7.45. The lowest BCUT2D eigenvalue weighted by atomic mass is 10.0. The summed E-state index contributed by atoms with van der Waals surface area (Å²) in [6.45, 7) is 4.56. The maximum atomic E-state index is 13.4. The summed E-state index contributed by atoms with van der Waals surface area (Å²) in [7, 11) is 2.13. The zero-order chi connectivity index (χ0) is 18.8. The summed E-state index contributed by atoms with van der Waals surface area (Å²) in [5.41, 5.74) is 7.09. The Balaban J connectivity index is 1.55. The van der Waals surface area contributed by atoms with E-state index in [2.05, 4.69) is 37.2 Å². The Morgan fingerprint density at radius 2 is 1.93 bits per heavy atom. The highest BCUT2D eigenvalue weighted by atomic mass is 19.1. The lowest BCUT2D eigenvalue weighted by Crippen LogP contribution is -2.47. The third-order valence-corrected chi connectivity index (χ3v) is 4.99. The van der Waals surface area contributed by atoms with Gasteiger partial charge in [0.05, 0.1) is 6.04 Å². The van der Waals surface area contributed by atoms with Gasteiger partial charge in [-0.05, 0) is 24.7 Å². The molecule has 0 spiro atoms. The van der Waals surface area contributed by atoms with E-state index in [4.69, 9.17) is 5.73 Å². The SMILES string of the molecule is CN1CCN(C(CNc2cc(N)n3ncnc3n2)c2ccc(F)cc2)CC1. The van der Waals surface area contributed by atoms with Gasteiger partial charge in [0.25, 0.3) is 5.78 Å². The van der Waals surface area contributed by atoms with Crippen LogP contribution in [0.1, 0.15) is 11.6 Å². The van der Waals surface area contributed by atoms with Gasteiger partial charge >= 0.3 is 0 Å². The van der Waals surface area contributed by atoms with E-state index in [0.29, 0.717) is 24.0 Å². The van der Waals surface area contributed by atoms with Gasteiger partial charge in [0.15, 0.2) is 0 Å². The smallest absolute Gasteiger partial charge is 0.256 e. The molecule has 8 nitrogen and oxygen atoms in total. The minimum absolute atomic E-state index is 0.108. The van der Waals surface area contributed by atoms with Crippen molar-refractivity contribution in [1.82, 2.24) is 29.4 Å². The van der Waals surface area contributed by atoms with E-state index >= 15 is 0 Å². The average molecular weight is 370 g/mol. The molecule has 142 valence electrons. The molecular formula is C18H23FN8. The maximum Gasteiger partial charge on any atom is 0.256 e. The highest BCUT2D eigenvalue weighted by Gasteiger charge is 2.24. The van der Waals surface area contributed by atoms with Crippen molar-refractivity contribution in [3.05, 3.63) is 48.0 Å². The summed E-state index contributed by atoms with van der Waals surface area (Å²) < 4.78 is 14.9. The van der Waals surface area contributed by atoms with Crippen LogP contribution in [0.4, 0.5) is 16.0 Å². The largest absolute Gasteiger partial charge is 0.383 e. The molecule has 1 aliphatic rings. The topological polar surface area (TPSA) is 87.6 Å². The van der Waals surface area contributed by atoms with Gasteiger partial charge < -0.3 is 16.0 Å². The van der Waals surface area contributed by atoms with Crippen LogP contribution in [0.3, 0.4) is 0 Å². The van der Waals surface area contributed by atoms with E-state index in [1.54, 1.807) is 6.07 Å². The van der Waals surface area contributed by atoms with Crippen LogP contribution in [0, 0.1) is 5.82 Å². The van der Waals surface area contributed by atoms with Crippen LogP contribution in [0.25, 0.3) is 5.78 Å². The summed E-state index contributed by atoms with van der Waals surface area (Å²) in [5, 5.41) is 7.40. The molecule has 1 fully saturated rings. The first-order valence-corrected chi connectivity index (χ1v) is 8.98. The van der Waals surface area contributed by atoms with Gasteiger partial charge in [-0.2, -0.15) is 19.6 Å². The number of nitrogens with zero attached hydrogens (tertiary/aromatic N) is 6. The predicted molar refractivity (Wildman–Crippen MR) is 102 cm³/mol. The fourth-order valence-electron chi connectivity index (χ4n) is 3.40. The van der Waals surface area contributed by atoms with E-state index in [-0.39, 0.29) is 11.9 Å². The van der Waals surface area contributed by atoms with E-state index in [1.165, 1.54) is 23.0 Å². The number of hydrogen-bond acceptors (Lipinski definition) is 7. The van der Waals surface area contributed by atoms with Crippen molar-refractivity contribution < 1.29 is 4.39 Å². The van der Waals surface area contributed by atoms with Crippen LogP contribution < -0.4 is 11.1 Å². The highest BCUT2D eigenvalue weighted by Crippen LogP contribution is 2.23. The number of nitrogen functional groups attached to an aromatic ring is 1. The molecular weight excluding hydrogens is 347 g/mol. The summed E-state index contributed by atoms with van der Waals surface area (Å²) in [4.78, 5) is 13.3. The van der Waals surface area contributed by atoms with Gasteiger partial charge in [-0.3, -0.25) is 4.90 Å². The second-order valence-electron chi connectivity index (χ2n) is 6.83. The molecule has 2 aromatic heterocycles. The molecule has 9 heteroatoms. The quantitative estimate of drug-likeness (QED) is 0.699. The monoisotopic (exact) mass is 370 g/mol. The summed E-state index contributed by atoms with van der Waals surface area (Å²) >= 11 is 0. The standard InChI is InChI=1S/C18H23FN8/c1-25-6-8-26(9-7-25)15(13-2-4-14(19)5-3-13)11-21-17-10-16(20)27-18(24-17)22-12-23-27/h2-5,10,12,15H,6-9,11,20H2,1H3,(H,21,22,23,24). The third-order valence-electron chi connectivity index (χ3n) is 4.99. The van der Waals surface area contributed by atoms with E-state index in [0.717, 1.165) is 31.7 Å². The maximum absolute atomic E-state index is 13.4. The molecule has 1 atom stereocenters. The van der Waals surface area contributed by atoms with Crippen molar-refractivity contribution >= 4 is 17.4 Å². The molecule has 3 aromatic rings. The van der Waals surface area contributed by atoms with Crippen LogP contribution >= 0.6 is 0 Å². The minimum Gasteiger partial charge on any atom is -0.383 e. The van der Waals surface area contributed by atoms with Gasteiger partial charge in [0, 0.05) is 38.8 Å². The Labute approximate surface area is 156 Å². The first kappa shape index (κ1) is 17.6. The third kappa shape index (κ3) is 3.83. The Bertz CT molecular complexity index is 901. The molecule has 3 N–H and O–H groups in total. The molecule has 0 bridgehead atoms. The second-order valence-corrected chi connectivity index (χ2v) is 6.83. The van der Waals surface area contributed by atoms with E-state index in [1.807, 2.05) is 12.1 Å². The molecule has 0 aliphatic carbocycles. The van der Waals surface area contributed by atoms with E-state index in [9.17, 15) is 4.39 Å². The van der Waals surface area contributed by atoms with Gasteiger partial charge in [0.2, 0.25) is 0 Å². The predicted octanol–water partition coefficient (Wildman–Crippen LogP) is 1.25. The van der Waals surface area contributed by atoms with Gasteiger partial charge in [-0.25, -0.2) is 4.39 Å². The normalized spacial score (nSPS) is 17.3. The molecule has 1 aliphatic heterocycles. The van der Waals surface area contributed by atoms with Crippen LogP contribution in [-0.2, 0) is 0 Å². The summed E-state index contributed by atoms with van der Waals surface area (Å²) in [6.07, 6.45) is 1.42. The molecule has 1 saturated heterocycles. The number of anilines is 2. The number of nitrogens with two attached hydrogens (primary N) is 1. The zero-order valence-electron chi connectivity index (χ0n) is 15.2. The number of nitrogens with one attached hydrogen (secondary N) is 1. The van der Waals surface area contributed by atoms with Crippen LogP contribution in [0.15, 0.2) is 36.7 Å². The van der Waals surface area contributed by atoms with Crippen molar-refractivity contribution in [3.63, 3.8) is 0 Å². The zero-order valence-corrected chi connectivity index (χ0v) is 15.2. The molecule has 4 rings (SSSR count). The fraction of sp³-hybridized carbons (Fsp3) is 0.389. The lowest BCUT2D eigenvalue weighted by Gasteiger charge is -2.38. The molecule has 0 radical (unpaired) electrons. The number of piperazine rings is 1. The molecule has 0 saturated carbocycles. The lowest BCUT2D eigenvalue weighted by molar-refractivity contribution is 0.116. The number of halogens is 1. The molecule has 3 heterocycles. The number of hydrogen-bond donors (Lipinski definition) is 2. The van der Waals surface area contributed by atoms with Crippen molar-refractivity contribution in [2.75, 3.05) is 50.8 Å². The van der Waals surface area contributed by atoms with Crippen molar-refractivity contribution in [3.8, 4) is 0 Å². The summed E-state index contributed by atoms with van der Waals surface area (Å²) in [5.74, 6) is 1.35.